The number of rotatable bonds is 4. The molecule has 0 radical (unpaired) electrons. The second-order valence-corrected chi connectivity index (χ2v) is 3.57. The minimum Gasteiger partial charge on any atom is -0.396 e. The first kappa shape index (κ1) is 12.4. The first-order valence-electron chi connectivity index (χ1n) is 4.89. The second kappa shape index (κ2) is 5.46. The minimum absolute atomic E-state index is 0.0351. The number of hydrogen-bond donors (Lipinski definition) is 2. The summed E-state index contributed by atoms with van der Waals surface area (Å²) in [6.45, 7) is 2.23. The molecule has 0 saturated heterocycles. The fourth-order valence-corrected chi connectivity index (χ4v) is 1.28. The molecule has 3 N–H and O–H groups in total. The Hall–Kier alpha value is -1.62. The molecular weight excluding hydrogens is 211 g/mol. The number of amides is 1. The number of hydrogen-bond acceptors (Lipinski definition) is 3. The summed E-state index contributed by atoms with van der Waals surface area (Å²) in [6.07, 6.45) is 0. The normalized spacial score (nSPS) is 12.2. The van der Waals surface area contributed by atoms with Crippen LogP contribution in [0.5, 0.6) is 0 Å². The second-order valence-electron chi connectivity index (χ2n) is 3.57. The highest BCUT2D eigenvalue weighted by molar-refractivity contribution is 5.95. The molecule has 1 amide bonds. The standard InChI is InChI=1S/C11H15FN2O2/c1-7(6-16-2)14-11(15)8-3-4-9(12)10(13)5-8/h3-5,7H,6,13H2,1-2H3,(H,14,15). The maximum Gasteiger partial charge on any atom is 0.251 e. The van der Waals surface area contributed by atoms with Gasteiger partial charge in [-0.05, 0) is 25.1 Å². The van der Waals surface area contributed by atoms with E-state index >= 15 is 0 Å². The number of carbonyl (C=O) groups excluding carboxylic acids is 1. The van der Waals surface area contributed by atoms with E-state index in [-0.39, 0.29) is 17.6 Å². The minimum atomic E-state index is -0.526. The first-order valence-corrected chi connectivity index (χ1v) is 4.89. The van der Waals surface area contributed by atoms with Gasteiger partial charge in [0.1, 0.15) is 5.82 Å². The van der Waals surface area contributed by atoms with Crippen LogP contribution in [0.1, 0.15) is 17.3 Å². The number of nitrogen functional groups attached to an aromatic ring is 1. The molecule has 1 rings (SSSR count). The van der Waals surface area contributed by atoms with E-state index in [9.17, 15) is 9.18 Å². The zero-order valence-corrected chi connectivity index (χ0v) is 9.29. The Balaban J connectivity index is 2.69. The highest BCUT2D eigenvalue weighted by Crippen LogP contribution is 2.12. The van der Waals surface area contributed by atoms with Crippen molar-refractivity contribution < 1.29 is 13.9 Å². The van der Waals surface area contributed by atoms with Crippen LogP contribution < -0.4 is 11.1 Å². The number of carbonyl (C=O) groups is 1. The van der Waals surface area contributed by atoms with E-state index in [2.05, 4.69) is 5.32 Å². The van der Waals surface area contributed by atoms with E-state index in [4.69, 9.17) is 10.5 Å². The highest BCUT2D eigenvalue weighted by Gasteiger charge is 2.10. The molecule has 0 aromatic heterocycles. The summed E-state index contributed by atoms with van der Waals surface area (Å²) in [7, 11) is 1.55. The van der Waals surface area contributed by atoms with E-state index in [1.54, 1.807) is 7.11 Å². The first-order chi connectivity index (χ1) is 7.54. The molecule has 0 bridgehead atoms. The molecule has 5 heteroatoms. The largest absolute Gasteiger partial charge is 0.396 e. The lowest BCUT2D eigenvalue weighted by Crippen LogP contribution is -2.35. The number of halogens is 1. The van der Waals surface area contributed by atoms with Crippen LogP contribution in [0, 0.1) is 5.82 Å². The van der Waals surface area contributed by atoms with Crippen molar-refractivity contribution in [2.75, 3.05) is 19.5 Å². The van der Waals surface area contributed by atoms with Crippen molar-refractivity contribution >= 4 is 11.6 Å². The fraction of sp³-hybridized carbons (Fsp3) is 0.364. The van der Waals surface area contributed by atoms with Crippen LogP contribution in [0.15, 0.2) is 18.2 Å². The van der Waals surface area contributed by atoms with Crippen LogP contribution in [0.3, 0.4) is 0 Å². The average Bonchev–Trinajstić information content (AvgIpc) is 2.22. The lowest BCUT2D eigenvalue weighted by atomic mass is 10.1. The van der Waals surface area contributed by atoms with E-state index in [0.29, 0.717) is 12.2 Å². The molecule has 1 atom stereocenters. The molecule has 1 unspecified atom stereocenters. The van der Waals surface area contributed by atoms with E-state index in [1.807, 2.05) is 6.92 Å². The molecule has 4 nitrogen and oxygen atoms in total. The maximum atomic E-state index is 12.9. The number of ether oxygens (including phenoxy) is 1. The van der Waals surface area contributed by atoms with Gasteiger partial charge in [-0.1, -0.05) is 0 Å². The summed E-state index contributed by atoms with van der Waals surface area (Å²) in [5.41, 5.74) is 5.67. The van der Waals surface area contributed by atoms with Gasteiger partial charge in [-0.25, -0.2) is 4.39 Å². The van der Waals surface area contributed by atoms with Gasteiger partial charge in [-0.2, -0.15) is 0 Å². The van der Waals surface area contributed by atoms with Crippen molar-refractivity contribution in [1.29, 1.82) is 0 Å². The predicted molar refractivity (Wildman–Crippen MR) is 59.6 cm³/mol. The molecule has 0 aliphatic heterocycles. The molecule has 0 spiro atoms. The molecule has 1 aromatic carbocycles. The summed E-state index contributed by atoms with van der Waals surface area (Å²) in [4.78, 5) is 11.6. The molecule has 0 saturated carbocycles. The number of benzene rings is 1. The number of nitrogens with one attached hydrogen (secondary N) is 1. The van der Waals surface area contributed by atoms with Crippen LogP contribution in [-0.4, -0.2) is 25.7 Å². The fourth-order valence-electron chi connectivity index (χ4n) is 1.28. The molecule has 0 aliphatic rings. The van der Waals surface area contributed by atoms with Crippen LogP contribution in [0.4, 0.5) is 10.1 Å². The number of anilines is 1. The lowest BCUT2D eigenvalue weighted by Gasteiger charge is -2.12. The topological polar surface area (TPSA) is 64.3 Å². The predicted octanol–water partition coefficient (Wildman–Crippen LogP) is 1.17. The van der Waals surface area contributed by atoms with Gasteiger partial charge in [0.2, 0.25) is 0 Å². The van der Waals surface area contributed by atoms with Crippen molar-refractivity contribution in [2.24, 2.45) is 0 Å². The third-order valence-electron chi connectivity index (χ3n) is 2.05. The molecule has 88 valence electrons. The van der Waals surface area contributed by atoms with Crippen molar-refractivity contribution in [3.05, 3.63) is 29.6 Å². The third-order valence-corrected chi connectivity index (χ3v) is 2.05. The lowest BCUT2D eigenvalue weighted by molar-refractivity contribution is 0.0905. The molecule has 0 heterocycles. The Morgan fingerprint density at radius 1 is 1.62 bits per heavy atom. The molecule has 0 fully saturated rings. The Morgan fingerprint density at radius 3 is 2.88 bits per heavy atom. The van der Waals surface area contributed by atoms with Gasteiger partial charge in [-0.3, -0.25) is 4.79 Å². The van der Waals surface area contributed by atoms with Crippen LogP contribution in [-0.2, 0) is 4.74 Å². The summed E-state index contributed by atoms with van der Waals surface area (Å²) in [5, 5.41) is 2.70. The monoisotopic (exact) mass is 226 g/mol. The smallest absolute Gasteiger partial charge is 0.251 e. The van der Waals surface area contributed by atoms with Gasteiger partial charge in [0.15, 0.2) is 0 Å². The van der Waals surface area contributed by atoms with Gasteiger partial charge in [0.05, 0.1) is 12.3 Å². The van der Waals surface area contributed by atoms with Crippen molar-refractivity contribution in [3.63, 3.8) is 0 Å². The Bertz CT molecular complexity index is 382. The summed E-state index contributed by atoms with van der Waals surface area (Å²) in [5.74, 6) is -0.822. The SMILES string of the molecule is COCC(C)NC(=O)c1ccc(F)c(N)c1. The van der Waals surface area contributed by atoms with Crippen LogP contribution in [0.25, 0.3) is 0 Å². The highest BCUT2D eigenvalue weighted by atomic mass is 19.1. The number of methoxy groups -OCH3 is 1. The van der Waals surface area contributed by atoms with Crippen molar-refractivity contribution in [2.45, 2.75) is 13.0 Å². The van der Waals surface area contributed by atoms with Crippen molar-refractivity contribution in [3.8, 4) is 0 Å². The van der Waals surface area contributed by atoms with E-state index in [0.717, 1.165) is 0 Å². The van der Waals surface area contributed by atoms with Crippen LogP contribution >= 0.6 is 0 Å². The van der Waals surface area contributed by atoms with Gasteiger partial charge < -0.3 is 15.8 Å². The molecular formula is C11H15FN2O2. The summed E-state index contributed by atoms with van der Waals surface area (Å²) < 4.78 is 17.8. The molecule has 0 aliphatic carbocycles. The summed E-state index contributed by atoms with van der Waals surface area (Å²) >= 11 is 0. The van der Waals surface area contributed by atoms with Gasteiger partial charge in [-0.15, -0.1) is 0 Å². The average molecular weight is 226 g/mol. The Morgan fingerprint density at radius 2 is 2.31 bits per heavy atom. The summed E-state index contributed by atoms with van der Waals surface area (Å²) in [6, 6.07) is 3.76. The zero-order valence-electron chi connectivity index (χ0n) is 9.29. The Kier molecular flexibility index (Phi) is 4.25. The van der Waals surface area contributed by atoms with Crippen molar-refractivity contribution in [1.82, 2.24) is 5.32 Å². The molecule has 1 aromatic rings. The number of nitrogens with two attached hydrogens (primary N) is 1. The molecule has 16 heavy (non-hydrogen) atoms. The van der Waals surface area contributed by atoms with Gasteiger partial charge in [0, 0.05) is 18.7 Å². The quantitative estimate of drug-likeness (QED) is 0.757. The Labute approximate surface area is 93.6 Å². The van der Waals surface area contributed by atoms with E-state index < -0.39 is 5.82 Å². The third kappa shape index (κ3) is 3.20. The van der Waals surface area contributed by atoms with Gasteiger partial charge >= 0.3 is 0 Å². The van der Waals surface area contributed by atoms with Gasteiger partial charge in [0.25, 0.3) is 5.91 Å². The maximum absolute atomic E-state index is 12.9. The zero-order chi connectivity index (χ0) is 12.1. The van der Waals surface area contributed by atoms with Crippen LogP contribution in [0.2, 0.25) is 0 Å². The van der Waals surface area contributed by atoms with E-state index in [1.165, 1.54) is 18.2 Å².